The molecular weight excluding hydrogens is 445 g/mol. The van der Waals surface area contributed by atoms with Crippen molar-refractivity contribution in [1.82, 2.24) is 15.3 Å². The van der Waals surface area contributed by atoms with Crippen LogP contribution >= 0.6 is 35.0 Å². The second-order valence-electron chi connectivity index (χ2n) is 6.30. The molecule has 7 nitrogen and oxygen atoms in total. The lowest BCUT2D eigenvalue weighted by atomic mass is 10.2. The number of hydrogen-bond acceptors (Lipinski definition) is 6. The second kappa shape index (κ2) is 8.86. The molecular formula is C17H17Cl2N3O4S2. The number of thioether (sulfide) groups is 1. The molecule has 1 heterocycles. The molecule has 3 rings (SSSR count). The lowest BCUT2D eigenvalue weighted by Crippen LogP contribution is -2.33. The number of H-pyrrole nitrogens is 1. The Balaban J connectivity index is 1.71. The van der Waals surface area contributed by atoms with Crippen LogP contribution in [0.1, 0.15) is 25.7 Å². The summed E-state index contributed by atoms with van der Waals surface area (Å²) in [4.78, 5) is 29.9. The molecule has 1 aliphatic carbocycles. The van der Waals surface area contributed by atoms with Gasteiger partial charge in [-0.3, -0.25) is 9.59 Å². The Morgan fingerprint density at radius 1 is 1.25 bits per heavy atom. The molecule has 1 amide bonds. The fourth-order valence-electron chi connectivity index (χ4n) is 2.88. The molecule has 0 unspecified atom stereocenters. The third-order valence-corrected chi connectivity index (χ3v) is 7.67. The van der Waals surface area contributed by atoms with Crippen molar-refractivity contribution < 1.29 is 13.2 Å². The molecule has 0 aliphatic heterocycles. The first-order chi connectivity index (χ1) is 13.3. The predicted octanol–water partition coefficient (Wildman–Crippen LogP) is 3.06. The van der Waals surface area contributed by atoms with Crippen LogP contribution in [0.5, 0.6) is 0 Å². The minimum atomic E-state index is -4.11. The highest BCUT2D eigenvalue weighted by atomic mass is 35.5. The zero-order valence-corrected chi connectivity index (χ0v) is 17.7. The van der Waals surface area contributed by atoms with Crippen LogP contribution in [0.25, 0.3) is 0 Å². The lowest BCUT2D eigenvalue weighted by Gasteiger charge is -2.11. The molecule has 2 aromatic rings. The van der Waals surface area contributed by atoms with Crippen molar-refractivity contribution in [1.29, 1.82) is 0 Å². The highest BCUT2D eigenvalue weighted by Crippen LogP contribution is 2.27. The molecule has 1 fully saturated rings. The number of amides is 1. The normalized spacial score (nSPS) is 14.9. The molecule has 11 heteroatoms. The molecule has 0 bridgehead atoms. The third-order valence-electron chi connectivity index (χ3n) is 4.29. The van der Waals surface area contributed by atoms with Crippen molar-refractivity contribution >= 4 is 50.7 Å². The summed E-state index contributed by atoms with van der Waals surface area (Å²) in [6.07, 6.45) is 5.16. The Labute approximate surface area is 176 Å². The number of aromatic amines is 1. The Morgan fingerprint density at radius 3 is 2.61 bits per heavy atom. The van der Waals surface area contributed by atoms with E-state index in [0.717, 1.165) is 43.6 Å². The van der Waals surface area contributed by atoms with Crippen molar-refractivity contribution in [3.8, 4) is 0 Å². The lowest BCUT2D eigenvalue weighted by molar-refractivity contribution is -0.119. The Hall–Kier alpha value is -1.55. The van der Waals surface area contributed by atoms with Gasteiger partial charge in [0.25, 0.3) is 5.56 Å². The van der Waals surface area contributed by atoms with E-state index in [2.05, 4.69) is 15.3 Å². The van der Waals surface area contributed by atoms with Crippen LogP contribution in [-0.4, -0.2) is 36.1 Å². The topological polar surface area (TPSA) is 109 Å². The maximum Gasteiger partial charge on any atom is 0.270 e. The first-order valence-electron chi connectivity index (χ1n) is 8.49. The van der Waals surface area contributed by atoms with Crippen LogP contribution in [0.15, 0.2) is 44.1 Å². The quantitative estimate of drug-likeness (QED) is 0.505. The van der Waals surface area contributed by atoms with Crippen LogP contribution < -0.4 is 10.9 Å². The van der Waals surface area contributed by atoms with Crippen LogP contribution in [0, 0.1) is 0 Å². The van der Waals surface area contributed by atoms with Crippen molar-refractivity contribution in [2.45, 2.75) is 46.7 Å². The molecule has 1 aromatic heterocycles. The first-order valence-corrected chi connectivity index (χ1v) is 11.7. The minimum Gasteiger partial charge on any atom is -0.353 e. The van der Waals surface area contributed by atoms with Crippen LogP contribution in [0.2, 0.25) is 10.0 Å². The summed E-state index contributed by atoms with van der Waals surface area (Å²) in [6.45, 7) is 0. The summed E-state index contributed by atoms with van der Waals surface area (Å²) in [5, 5.41) is 3.36. The second-order valence-corrected chi connectivity index (χ2v) is 10.00. The van der Waals surface area contributed by atoms with E-state index in [1.165, 1.54) is 18.2 Å². The van der Waals surface area contributed by atoms with Gasteiger partial charge in [0.15, 0.2) is 10.1 Å². The number of nitrogens with zero attached hydrogens (tertiary/aromatic N) is 1. The molecule has 1 aromatic carbocycles. The number of halogens is 2. The van der Waals surface area contributed by atoms with E-state index in [0.29, 0.717) is 0 Å². The van der Waals surface area contributed by atoms with Gasteiger partial charge in [0, 0.05) is 6.04 Å². The van der Waals surface area contributed by atoms with E-state index in [9.17, 15) is 18.0 Å². The van der Waals surface area contributed by atoms with E-state index in [1.54, 1.807) is 0 Å². The Kier molecular flexibility index (Phi) is 6.69. The molecule has 1 aliphatic rings. The minimum absolute atomic E-state index is 0.0626. The van der Waals surface area contributed by atoms with E-state index in [-0.39, 0.29) is 37.8 Å². The largest absolute Gasteiger partial charge is 0.353 e. The fourth-order valence-corrected chi connectivity index (χ4v) is 5.14. The molecule has 28 heavy (non-hydrogen) atoms. The van der Waals surface area contributed by atoms with Gasteiger partial charge in [-0.25, -0.2) is 13.4 Å². The van der Waals surface area contributed by atoms with Crippen LogP contribution in [0.3, 0.4) is 0 Å². The van der Waals surface area contributed by atoms with E-state index < -0.39 is 20.3 Å². The van der Waals surface area contributed by atoms with Crippen molar-refractivity contribution in [3.05, 3.63) is 44.8 Å². The third kappa shape index (κ3) is 4.89. The number of hydrogen-bond donors (Lipinski definition) is 2. The summed E-state index contributed by atoms with van der Waals surface area (Å²) in [7, 11) is -4.11. The molecule has 150 valence electrons. The van der Waals surface area contributed by atoms with Crippen LogP contribution in [-0.2, 0) is 14.6 Å². The number of rotatable bonds is 6. The van der Waals surface area contributed by atoms with Gasteiger partial charge in [-0.2, -0.15) is 0 Å². The van der Waals surface area contributed by atoms with E-state index >= 15 is 0 Å². The molecule has 0 saturated heterocycles. The Morgan fingerprint density at radius 2 is 1.96 bits per heavy atom. The number of carbonyl (C=O) groups is 1. The van der Waals surface area contributed by atoms with Gasteiger partial charge < -0.3 is 10.3 Å². The first kappa shape index (κ1) is 21.2. The van der Waals surface area contributed by atoms with E-state index in [1.807, 2.05) is 0 Å². The molecule has 1 saturated carbocycles. The van der Waals surface area contributed by atoms with Gasteiger partial charge in [-0.15, -0.1) is 0 Å². The number of aromatic nitrogens is 2. The van der Waals surface area contributed by atoms with Gasteiger partial charge in [-0.05, 0) is 31.0 Å². The zero-order chi connectivity index (χ0) is 20.3. The van der Waals surface area contributed by atoms with E-state index in [4.69, 9.17) is 23.2 Å². The van der Waals surface area contributed by atoms with Crippen molar-refractivity contribution in [2.24, 2.45) is 0 Å². The van der Waals surface area contributed by atoms with Gasteiger partial charge in [0.2, 0.25) is 15.7 Å². The molecule has 0 spiro atoms. The number of benzene rings is 1. The number of nitrogens with one attached hydrogen (secondary N) is 2. The van der Waals surface area contributed by atoms with Crippen molar-refractivity contribution in [2.75, 3.05) is 5.75 Å². The summed E-state index contributed by atoms with van der Waals surface area (Å²) in [5.74, 6) is -0.0646. The SMILES string of the molecule is O=C(CSc1ncc(S(=O)(=O)c2ccc(Cl)c(Cl)c2)c(=O)[nH]1)NC1CCCC1. The molecule has 2 N–H and O–H groups in total. The smallest absolute Gasteiger partial charge is 0.270 e. The summed E-state index contributed by atoms with van der Waals surface area (Å²) in [5.41, 5.74) is -0.820. The van der Waals surface area contributed by atoms with Gasteiger partial charge in [-0.1, -0.05) is 47.8 Å². The highest BCUT2D eigenvalue weighted by Gasteiger charge is 2.23. The average Bonchev–Trinajstić information content (AvgIpc) is 3.15. The fraction of sp³-hybridized carbons (Fsp3) is 0.353. The average molecular weight is 462 g/mol. The zero-order valence-electron chi connectivity index (χ0n) is 14.6. The number of carbonyl (C=O) groups excluding carboxylic acids is 1. The summed E-state index contributed by atoms with van der Waals surface area (Å²) >= 11 is 12.7. The van der Waals surface area contributed by atoms with Crippen LogP contribution in [0.4, 0.5) is 0 Å². The van der Waals surface area contributed by atoms with Gasteiger partial charge >= 0.3 is 0 Å². The number of sulfone groups is 1. The van der Waals surface area contributed by atoms with Crippen molar-refractivity contribution in [3.63, 3.8) is 0 Å². The monoisotopic (exact) mass is 461 g/mol. The molecule has 0 radical (unpaired) electrons. The standard InChI is InChI=1S/C17H17Cl2N3O4S2/c18-12-6-5-11(7-13(12)19)28(25,26)14-8-20-17(22-16(14)24)27-9-15(23)21-10-3-1-2-4-10/h5-8,10H,1-4,9H2,(H,21,23)(H,20,22,24). The summed E-state index contributed by atoms with van der Waals surface area (Å²) in [6, 6.07) is 3.98. The Bertz CT molecular complexity index is 1050. The summed E-state index contributed by atoms with van der Waals surface area (Å²) < 4.78 is 25.3. The predicted molar refractivity (Wildman–Crippen MR) is 108 cm³/mol. The maximum atomic E-state index is 12.7. The highest BCUT2D eigenvalue weighted by molar-refractivity contribution is 7.99. The molecule has 0 atom stereocenters. The van der Waals surface area contributed by atoms with Gasteiger partial charge in [0.05, 0.1) is 26.9 Å². The maximum absolute atomic E-state index is 12.7. The van der Waals surface area contributed by atoms with Gasteiger partial charge in [0.1, 0.15) is 0 Å².